The predicted octanol–water partition coefficient (Wildman–Crippen LogP) is 4.02. The average Bonchev–Trinajstić information content (AvgIpc) is 2.28. The molecule has 0 heterocycles. The van der Waals surface area contributed by atoms with Crippen LogP contribution in [0, 0.1) is 10.1 Å². The van der Waals surface area contributed by atoms with Gasteiger partial charge in [0.2, 0.25) is 0 Å². The number of hydrogen-bond donors (Lipinski definition) is 2. The maximum absolute atomic E-state index is 11.3. The van der Waals surface area contributed by atoms with Gasteiger partial charge in [-0.2, -0.15) is 0 Å². The lowest BCUT2D eigenvalue weighted by Crippen LogP contribution is -2.30. The number of nitrogens with zero attached hydrogens (tertiary/aromatic N) is 1. The second-order valence-electron chi connectivity index (χ2n) is 5.25. The normalized spacial score (nSPS) is 11.2. The molecule has 0 unspecified atom stereocenters. The second kappa shape index (κ2) is 6.41. The summed E-state index contributed by atoms with van der Waals surface area (Å²) in [6.07, 6.45) is 1.98. The minimum absolute atomic E-state index is 0.119. The van der Waals surface area contributed by atoms with E-state index in [0.29, 0.717) is 17.9 Å². The molecule has 5 nitrogen and oxygen atoms in total. The molecular formula is C14H23N3O2. The molecule has 0 radical (unpaired) electrons. The minimum atomic E-state index is -0.331. The van der Waals surface area contributed by atoms with E-state index in [1.807, 2.05) is 13.0 Å². The van der Waals surface area contributed by atoms with E-state index in [4.69, 9.17) is 0 Å². The van der Waals surface area contributed by atoms with Crippen LogP contribution in [-0.2, 0) is 0 Å². The van der Waals surface area contributed by atoms with E-state index in [0.717, 1.165) is 12.8 Å². The Kier molecular flexibility index (Phi) is 5.15. The second-order valence-corrected chi connectivity index (χ2v) is 5.25. The summed E-state index contributed by atoms with van der Waals surface area (Å²) in [5.74, 6) is 0. The highest BCUT2D eigenvalue weighted by atomic mass is 16.6. The maximum atomic E-state index is 11.3. The third kappa shape index (κ3) is 4.12. The van der Waals surface area contributed by atoms with Gasteiger partial charge in [-0.25, -0.2) is 0 Å². The zero-order chi connectivity index (χ0) is 14.5. The molecule has 5 heteroatoms. The summed E-state index contributed by atoms with van der Waals surface area (Å²) in [6.45, 7) is 8.79. The Morgan fingerprint density at radius 3 is 2.42 bits per heavy atom. The minimum Gasteiger partial charge on any atom is -0.380 e. The van der Waals surface area contributed by atoms with Gasteiger partial charge in [-0.15, -0.1) is 0 Å². The van der Waals surface area contributed by atoms with Gasteiger partial charge < -0.3 is 10.6 Å². The Bertz CT molecular complexity index is 444. The summed E-state index contributed by atoms with van der Waals surface area (Å²) in [7, 11) is 0. The van der Waals surface area contributed by atoms with Gasteiger partial charge in [-0.05, 0) is 39.3 Å². The maximum Gasteiger partial charge on any atom is 0.315 e. The molecular weight excluding hydrogens is 242 g/mol. The van der Waals surface area contributed by atoms with Gasteiger partial charge in [0.25, 0.3) is 0 Å². The Morgan fingerprint density at radius 2 is 1.89 bits per heavy atom. The fourth-order valence-electron chi connectivity index (χ4n) is 2.23. The number of anilines is 2. The van der Waals surface area contributed by atoms with Gasteiger partial charge in [0.1, 0.15) is 11.4 Å². The topological polar surface area (TPSA) is 67.2 Å². The number of hydrogen-bond acceptors (Lipinski definition) is 4. The zero-order valence-electron chi connectivity index (χ0n) is 12.1. The first kappa shape index (κ1) is 15.3. The Hall–Kier alpha value is -1.78. The van der Waals surface area contributed by atoms with E-state index < -0.39 is 0 Å². The van der Waals surface area contributed by atoms with Crippen molar-refractivity contribution in [2.24, 2.45) is 0 Å². The smallest absolute Gasteiger partial charge is 0.315 e. The lowest BCUT2D eigenvalue weighted by atomic mass is 9.98. The first-order valence-electron chi connectivity index (χ1n) is 6.70. The standard InChI is InChI=1S/C14H23N3O2/c1-5-10-14(3,4)16-12-9-7-8-11(15-6-2)13(12)17(18)19/h7-9,15-16H,5-6,10H2,1-4H3. The van der Waals surface area contributed by atoms with Crippen molar-refractivity contribution in [3.8, 4) is 0 Å². The molecule has 0 spiro atoms. The number of nitro benzene ring substituents is 1. The molecule has 0 saturated heterocycles. The molecule has 0 amide bonds. The van der Waals surface area contributed by atoms with E-state index in [1.54, 1.807) is 12.1 Å². The van der Waals surface area contributed by atoms with Gasteiger partial charge in [0.15, 0.2) is 0 Å². The van der Waals surface area contributed by atoms with Crippen LogP contribution in [0.1, 0.15) is 40.5 Å². The van der Waals surface area contributed by atoms with Crippen molar-refractivity contribution in [2.45, 2.75) is 46.1 Å². The van der Waals surface area contributed by atoms with E-state index in [2.05, 4.69) is 31.4 Å². The summed E-state index contributed by atoms with van der Waals surface area (Å²) in [5, 5.41) is 17.6. The molecule has 0 aromatic heterocycles. The Labute approximate surface area is 114 Å². The van der Waals surface area contributed by atoms with E-state index in [9.17, 15) is 10.1 Å². The summed E-state index contributed by atoms with van der Waals surface area (Å²) in [4.78, 5) is 11.0. The molecule has 1 aromatic carbocycles. The van der Waals surface area contributed by atoms with Crippen LogP contribution in [0.4, 0.5) is 17.1 Å². The molecule has 1 rings (SSSR count). The van der Waals surface area contributed by atoms with Crippen LogP contribution in [0.3, 0.4) is 0 Å². The summed E-state index contributed by atoms with van der Waals surface area (Å²) < 4.78 is 0. The Morgan fingerprint density at radius 1 is 1.26 bits per heavy atom. The van der Waals surface area contributed by atoms with Gasteiger partial charge in [-0.1, -0.05) is 19.4 Å². The number of rotatable bonds is 7. The molecule has 19 heavy (non-hydrogen) atoms. The number of para-hydroxylation sites is 1. The van der Waals surface area contributed by atoms with Gasteiger partial charge in [-0.3, -0.25) is 10.1 Å². The van der Waals surface area contributed by atoms with Crippen LogP contribution in [0.15, 0.2) is 18.2 Å². The fourth-order valence-corrected chi connectivity index (χ4v) is 2.23. The van der Waals surface area contributed by atoms with Crippen molar-refractivity contribution < 1.29 is 4.92 Å². The molecule has 0 aliphatic heterocycles. The lowest BCUT2D eigenvalue weighted by molar-refractivity contribution is -0.383. The number of benzene rings is 1. The van der Waals surface area contributed by atoms with Crippen LogP contribution in [0.2, 0.25) is 0 Å². The average molecular weight is 265 g/mol. The fraction of sp³-hybridized carbons (Fsp3) is 0.571. The van der Waals surface area contributed by atoms with Crippen molar-refractivity contribution in [3.05, 3.63) is 28.3 Å². The molecule has 0 fully saturated rings. The molecule has 0 aliphatic carbocycles. The van der Waals surface area contributed by atoms with Crippen LogP contribution in [0.25, 0.3) is 0 Å². The number of nitrogens with one attached hydrogen (secondary N) is 2. The van der Waals surface area contributed by atoms with Crippen molar-refractivity contribution in [2.75, 3.05) is 17.2 Å². The van der Waals surface area contributed by atoms with Gasteiger partial charge >= 0.3 is 5.69 Å². The van der Waals surface area contributed by atoms with Crippen molar-refractivity contribution >= 4 is 17.1 Å². The molecule has 0 saturated carbocycles. The van der Waals surface area contributed by atoms with Crippen molar-refractivity contribution in [1.82, 2.24) is 0 Å². The van der Waals surface area contributed by atoms with E-state index in [-0.39, 0.29) is 16.1 Å². The SMILES string of the molecule is CCCC(C)(C)Nc1cccc(NCC)c1[N+](=O)[O-]. The predicted molar refractivity (Wildman–Crippen MR) is 79.9 cm³/mol. The van der Waals surface area contributed by atoms with Crippen LogP contribution < -0.4 is 10.6 Å². The third-order valence-corrected chi connectivity index (χ3v) is 2.93. The molecule has 106 valence electrons. The van der Waals surface area contributed by atoms with E-state index >= 15 is 0 Å². The zero-order valence-corrected chi connectivity index (χ0v) is 12.1. The quantitative estimate of drug-likeness (QED) is 0.577. The molecule has 0 atom stereocenters. The van der Waals surface area contributed by atoms with Gasteiger partial charge in [0, 0.05) is 12.1 Å². The molecule has 0 bridgehead atoms. The largest absolute Gasteiger partial charge is 0.380 e. The molecule has 0 aliphatic rings. The Balaban J connectivity index is 3.13. The highest BCUT2D eigenvalue weighted by Gasteiger charge is 2.24. The monoisotopic (exact) mass is 265 g/mol. The highest BCUT2D eigenvalue weighted by Crippen LogP contribution is 2.35. The lowest BCUT2D eigenvalue weighted by Gasteiger charge is -2.27. The first-order chi connectivity index (χ1) is 8.91. The highest BCUT2D eigenvalue weighted by molar-refractivity contribution is 5.76. The molecule has 1 aromatic rings. The van der Waals surface area contributed by atoms with Gasteiger partial charge in [0.05, 0.1) is 4.92 Å². The number of nitro groups is 1. The van der Waals surface area contributed by atoms with Crippen LogP contribution in [0.5, 0.6) is 0 Å². The first-order valence-corrected chi connectivity index (χ1v) is 6.70. The summed E-state index contributed by atoms with van der Waals surface area (Å²) in [5.41, 5.74) is 1.09. The summed E-state index contributed by atoms with van der Waals surface area (Å²) >= 11 is 0. The third-order valence-electron chi connectivity index (χ3n) is 2.93. The van der Waals surface area contributed by atoms with Crippen LogP contribution in [-0.4, -0.2) is 17.0 Å². The van der Waals surface area contributed by atoms with Crippen LogP contribution >= 0.6 is 0 Å². The molecule has 2 N–H and O–H groups in total. The summed E-state index contributed by atoms with van der Waals surface area (Å²) in [6, 6.07) is 5.32. The van der Waals surface area contributed by atoms with Crippen molar-refractivity contribution in [1.29, 1.82) is 0 Å². The van der Waals surface area contributed by atoms with Crippen molar-refractivity contribution in [3.63, 3.8) is 0 Å². The van der Waals surface area contributed by atoms with E-state index in [1.165, 1.54) is 0 Å².